The Hall–Kier alpha value is -1.61. The zero-order chi connectivity index (χ0) is 14.3. The first-order valence-electron chi connectivity index (χ1n) is 6.73. The van der Waals surface area contributed by atoms with Crippen molar-refractivity contribution < 1.29 is 9.90 Å². The normalized spacial score (nSPS) is 12.9. The molecule has 0 spiro atoms. The minimum absolute atomic E-state index is 0.131. The highest BCUT2D eigenvalue weighted by Crippen LogP contribution is 2.15. The number of carbonyl (C=O) groups is 1. The number of benzene rings is 1. The molecule has 3 nitrogen and oxygen atoms in total. The Kier molecular flexibility index (Phi) is 6.30. The highest BCUT2D eigenvalue weighted by atomic mass is 16.3. The summed E-state index contributed by atoms with van der Waals surface area (Å²) in [7, 11) is 0. The lowest BCUT2D eigenvalue weighted by molar-refractivity contribution is -0.116. The molecule has 0 aliphatic rings. The van der Waals surface area contributed by atoms with Gasteiger partial charge in [-0.25, -0.2) is 0 Å². The second-order valence-electron chi connectivity index (χ2n) is 5.08. The van der Waals surface area contributed by atoms with E-state index < -0.39 is 0 Å². The van der Waals surface area contributed by atoms with Gasteiger partial charge in [0.2, 0.25) is 5.91 Å². The van der Waals surface area contributed by atoms with E-state index >= 15 is 0 Å². The number of hydrogen-bond acceptors (Lipinski definition) is 2. The molecule has 1 rings (SSSR count). The van der Waals surface area contributed by atoms with Crippen LogP contribution in [0.3, 0.4) is 0 Å². The molecule has 1 unspecified atom stereocenters. The molecule has 0 fully saturated rings. The maximum Gasteiger partial charge on any atom is 0.244 e. The van der Waals surface area contributed by atoms with Gasteiger partial charge in [-0.2, -0.15) is 0 Å². The van der Waals surface area contributed by atoms with Crippen molar-refractivity contribution in [2.75, 3.05) is 6.54 Å². The van der Waals surface area contributed by atoms with E-state index in [-0.39, 0.29) is 12.0 Å². The molecule has 0 radical (unpaired) electrons. The lowest BCUT2D eigenvalue weighted by Gasteiger charge is -2.05. The third-order valence-corrected chi connectivity index (χ3v) is 2.89. The van der Waals surface area contributed by atoms with Crippen LogP contribution in [0.5, 0.6) is 0 Å². The number of hydrogen-bond donors (Lipinski definition) is 2. The summed E-state index contributed by atoms with van der Waals surface area (Å²) in [6, 6.07) is 8.18. The van der Waals surface area contributed by atoms with Crippen molar-refractivity contribution in [3.63, 3.8) is 0 Å². The van der Waals surface area contributed by atoms with E-state index in [1.807, 2.05) is 12.1 Å². The predicted molar refractivity (Wildman–Crippen MR) is 78.9 cm³/mol. The Labute approximate surface area is 115 Å². The topological polar surface area (TPSA) is 49.3 Å². The molecule has 3 heteroatoms. The van der Waals surface area contributed by atoms with Gasteiger partial charge in [-0.05, 0) is 36.5 Å². The van der Waals surface area contributed by atoms with Crippen molar-refractivity contribution in [2.45, 2.75) is 39.2 Å². The fraction of sp³-hybridized carbons (Fsp3) is 0.438. The molecule has 1 aromatic rings. The highest BCUT2D eigenvalue weighted by Gasteiger charge is 1.99. The van der Waals surface area contributed by atoms with Crippen LogP contribution < -0.4 is 5.32 Å². The summed E-state index contributed by atoms with van der Waals surface area (Å²) in [6.07, 6.45) is 3.50. The van der Waals surface area contributed by atoms with Crippen LogP contribution in [-0.2, 0) is 4.79 Å². The zero-order valence-corrected chi connectivity index (χ0v) is 11.9. The van der Waals surface area contributed by atoms with Gasteiger partial charge in [0.05, 0.1) is 6.10 Å². The molecule has 104 valence electrons. The second kappa shape index (κ2) is 7.74. The lowest BCUT2D eigenvalue weighted by Crippen LogP contribution is -2.24. The standard InChI is InChI=1S/C16H23NO2/c1-12(2)15-7-4-14(5-8-15)6-9-16(19)17-11-10-13(3)18/h4-9,12-13,18H,10-11H2,1-3H3,(H,17,19). The van der Waals surface area contributed by atoms with Gasteiger partial charge in [-0.15, -0.1) is 0 Å². The monoisotopic (exact) mass is 261 g/mol. The summed E-state index contributed by atoms with van der Waals surface area (Å²) < 4.78 is 0. The van der Waals surface area contributed by atoms with E-state index in [0.717, 1.165) is 5.56 Å². The third-order valence-electron chi connectivity index (χ3n) is 2.89. The molecule has 1 amide bonds. The van der Waals surface area contributed by atoms with Gasteiger partial charge in [-0.3, -0.25) is 4.79 Å². The maximum atomic E-state index is 11.5. The van der Waals surface area contributed by atoms with E-state index in [4.69, 9.17) is 5.11 Å². The number of rotatable bonds is 6. The van der Waals surface area contributed by atoms with Crippen molar-refractivity contribution in [1.29, 1.82) is 0 Å². The van der Waals surface area contributed by atoms with Gasteiger partial charge in [0, 0.05) is 12.6 Å². The molecular formula is C16H23NO2. The van der Waals surface area contributed by atoms with Crippen LogP contribution in [0.2, 0.25) is 0 Å². The first-order chi connectivity index (χ1) is 8.99. The molecule has 1 atom stereocenters. The molecule has 0 saturated carbocycles. The average Bonchev–Trinajstić information content (AvgIpc) is 2.36. The van der Waals surface area contributed by atoms with Gasteiger partial charge in [0.15, 0.2) is 0 Å². The molecular weight excluding hydrogens is 238 g/mol. The molecule has 0 heterocycles. The Bertz CT molecular complexity index is 419. The van der Waals surface area contributed by atoms with E-state index in [1.54, 1.807) is 13.0 Å². The number of amides is 1. The zero-order valence-electron chi connectivity index (χ0n) is 11.9. The minimum atomic E-state index is -0.382. The number of carbonyl (C=O) groups excluding carboxylic acids is 1. The fourth-order valence-electron chi connectivity index (χ4n) is 1.63. The molecule has 0 bridgehead atoms. The Morgan fingerprint density at radius 3 is 2.42 bits per heavy atom. The summed E-state index contributed by atoms with van der Waals surface area (Å²) >= 11 is 0. The molecule has 0 aliphatic carbocycles. The van der Waals surface area contributed by atoms with E-state index in [9.17, 15) is 4.79 Å². The van der Waals surface area contributed by atoms with Crippen molar-refractivity contribution in [1.82, 2.24) is 5.32 Å². The summed E-state index contributed by atoms with van der Waals surface area (Å²) in [5.74, 6) is 0.385. The molecule has 19 heavy (non-hydrogen) atoms. The first-order valence-corrected chi connectivity index (χ1v) is 6.73. The largest absolute Gasteiger partial charge is 0.393 e. The quantitative estimate of drug-likeness (QED) is 0.774. The van der Waals surface area contributed by atoms with E-state index in [2.05, 4.69) is 31.3 Å². The maximum absolute atomic E-state index is 11.5. The first kappa shape index (κ1) is 15.4. The van der Waals surface area contributed by atoms with Crippen molar-refractivity contribution in [3.8, 4) is 0 Å². The van der Waals surface area contributed by atoms with Crippen molar-refractivity contribution in [2.24, 2.45) is 0 Å². The van der Waals surface area contributed by atoms with E-state index in [0.29, 0.717) is 18.9 Å². The molecule has 0 aliphatic heterocycles. The summed E-state index contributed by atoms with van der Waals surface area (Å²) in [4.78, 5) is 11.5. The Morgan fingerprint density at radius 1 is 1.26 bits per heavy atom. The molecule has 1 aromatic carbocycles. The molecule has 0 aromatic heterocycles. The van der Waals surface area contributed by atoms with Gasteiger partial charge >= 0.3 is 0 Å². The predicted octanol–water partition coefficient (Wildman–Crippen LogP) is 2.71. The summed E-state index contributed by atoms with van der Waals surface area (Å²) in [5, 5.41) is 11.8. The Morgan fingerprint density at radius 2 is 1.89 bits per heavy atom. The molecule has 0 saturated heterocycles. The average molecular weight is 261 g/mol. The lowest BCUT2D eigenvalue weighted by atomic mass is 10.0. The van der Waals surface area contributed by atoms with Crippen molar-refractivity contribution >= 4 is 12.0 Å². The number of aliphatic hydroxyl groups excluding tert-OH is 1. The fourth-order valence-corrected chi connectivity index (χ4v) is 1.63. The van der Waals surface area contributed by atoms with Crippen LogP contribution in [-0.4, -0.2) is 23.7 Å². The highest BCUT2D eigenvalue weighted by molar-refractivity contribution is 5.91. The number of aliphatic hydroxyl groups is 1. The van der Waals surface area contributed by atoms with E-state index in [1.165, 1.54) is 11.6 Å². The smallest absolute Gasteiger partial charge is 0.244 e. The second-order valence-corrected chi connectivity index (χ2v) is 5.08. The van der Waals surface area contributed by atoms with Gasteiger partial charge < -0.3 is 10.4 Å². The van der Waals surface area contributed by atoms with Gasteiger partial charge in [0.25, 0.3) is 0 Å². The summed E-state index contributed by atoms with van der Waals surface area (Å²) in [6.45, 7) is 6.51. The molecule has 2 N–H and O–H groups in total. The van der Waals surface area contributed by atoms with Gasteiger partial charge in [-0.1, -0.05) is 38.1 Å². The Balaban J connectivity index is 2.45. The van der Waals surface area contributed by atoms with Crippen LogP contribution in [0.15, 0.2) is 30.3 Å². The van der Waals surface area contributed by atoms with Crippen LogP contribution in [0, 0.1) is 0 Å². The van der Waals surface area contributed by atoms with Crippen LogP contribution in [0.25, 0.3) is 6.08 Å². The SMILES string of the molecule is CC(O)CCNC(=O)C=Cc1ccc(C(C)C)cc1. The number of nitrogens with one attached hydrogen (secondary N) is 1. The minimum Gasteiger partial charge on any atom is -0.393 e. The van der Waals surface area contributed by atoms with Crippen LogP contribution >= 0.6 is 0 Å². The third kappa shape index (κ3) is 6.20. The van der Waals surface area contributed by atoms with Crippen LogP contribution in [0.4, 0.5) is 0 Å². The van der Waals surface area contributed by atoms with Crippen molar-refractivity contribution in [3.05, 3.63) is 41.5 Å². The summed E-state index contributed by atoms with van der Waals surface area (Å²) in [5.41, 5.74) is 2.30. The van der Waals surface area contributed by atoms with Gasteiger partial charge in [0.1, 0.15) is 0 Å². The van der Waals surface area contributed by atoms with Crippen LogP contribution in [0.1, 0.15) is 44.2 Å².